The van der Waals surface area contributed by atoms with Crippen LogP contribution in [0.3, 0.4) is 0 Å². The largest absolute Gasteiger partial charge is 0.363 e. The maximum Gasteiger partial charge on any atom is 0.363 e. The lowest BCUT2D eigenvalue weighted by molar-refractivity contribution is -0.142. The molecule has 3 fully saturated rings. The van der Waals surface area contributed by atoms with Crippen molar-refractivity contribution in [2.45, 2.75) is 75.0 Å². The van der Waals surface area contributed by atoms with Crippen molar-refractivity contribution in [1.82, 2.24) is 25.3 Å². The van der Waals surface area contributed by atoms with Crippen LogP contribution in [0.5, 0.6) is 0 Å². The second-order valence-corrected chi connectivity index (χ2v) is 14.6. The number of aryl methyl sites for hydroxylation is 1. The smallest absolute Gasteiger partial charge is 0.355 e. The second kappa shape index (κ2) is 12.2. The predicted octanol–water partition coefficient (Wildman–Crippen LogP) is 3.21. The highest BCUT2D eigenvalue weighted by atomic mass is 32.1. The van der Waals surface area contributed by atoms with Gasteiger partial charge in [-0.05, 0) is 61.3 Å². The summed E-state index contributed by atoms with van der Waals surface area (Å²) < 4.78 is 28.1. The van der Waals surface area contributed by atoms with Crippen molar-refractivity contribution in [3.63, 3.8) is 0 Å². The number of anilines is 1. The Hall–Kier alpha value is -3.32. The van der Waals surface area contributed by atoms with Crippen molar-refractivity contribution in [3.05, 3.63) is 47.0 Å². The van der Waals surface area contributed by atoms with E-state index in [1.807, 2.05) is 13.1 Å². The maximum absolute atomic E-state index is 14.2. The first-order valence-corrected chi connectivity index (χ1v) is 17.4. The van der Waals surface area contributed by atoms with E-state index < -0.39 is 31.5 Å². The fourth-order valence-electron chi connectivity index (χ4n) is 6.73. The molecular weight excluding hydrogens is 610 g/mol. The number of rotatable bonds is 7. The Bertz CT molecular complexity index is 1620. The lowest BCUT2D eigenvalue weighted by Crippen LogP contribution is -2.57. The van der Waals surface area contributed by atoms with Gasteiger partial charge < -0.3 is 30.2 Å². The Kier molecular flexibility index (Phi) is 8.53. The molecule has 5 atom stereocenters. The zero-order valence-corrected chi connectivity index (χ0v) is 26.0. The van der Waals surface area contributed by atoms with Gasteiger partial charge in [0.05, 0.1) is 11.1 Å². The first-order chi connectivity index (χ1) is 21.0. The zero-order chi connectivity index (χ0) is 31.2. The minimum absolute atomic E-state index is 0.0420. The molecule has 15 heteroatoms. The zero-order valence-electron chi connectivity index (χ0n) is 24.3. The molecule has 3 aliphatic rings. The van der Waals surface area contributed by atoms with Gasteiger partial charge in [-0.25, -0.2) is 4.39 Å². The summed E-state index contributed by atoms with van der Waals surface area (Å²) in [4.78, 5) is 63.4. The summed E-state index contributed by atoms with van der Waals surface area (Å²) in [6.07, 6.45) is 6.76. The van der Waals surface area contributed by atoms with E-state index in [2.05, 4.69) is 20.6 Å². The Morgan fingerprint density at radius 1 is 1.09 bits per heavy atom. The normalized spacial score (nSPS) is 25.0. The number of hydrogen-bond acceptors (Lipinski definition) is 7. The third-order valence-electron chi connectivity index (χ3n) is 8.93. The Labute approximate surface area is 257 Å². The molecule has 2 aromatic heterocycles. The summed E-state index contributed by atoms with van der Waals surface area (Å²) in [6, 6.07) is 6.13. The number of carbonyl (C=O) groups excluding carboxylic acids is 3. The van der Waals surface area contributed by atoms with E-state index in [0.717, 1.165) is 55.8 Å². The molecule has 6 rings (SSSR count). The third-order valence-corrected chi connectivity index (χ3v) is 10.9. The van der Waals surface area contributed by atoms with E-state index in [1.165, 1.54) is 24.3 Å². The summed E-state index contributed by atoms with van der Waals surface area (Å²) in [6.45, 7) is 1.46. The van der Waals surface area contributed by atoms with E-state index >= 15 is 0 Å². The van der Waals surface area contributed by atoms with E-state index in [1.54, 1.807) is 15.8 Å². The number of nitrogens with one attached hydrogen (secondary N) is 2. The topological polar surface area (TPSA) is 157 Å². The van der Waals surface area contributed by atoms with E-state index in [9.17, 15) is 33.1 Å². The molecule has 1 unspecified atom stereocenters. The van der Waals surface area contributed by atoms with E-state index in [0.29, 0.717) is 34.3 Å². The molecule has 0 aliphatic carbocycles. The Morgan fingerprint density at radius 2 is 1.89 bits per heavy atom. The number of thiophene rings is 1. The Morgan fingerprint density at radius 3 is 2.64 bits per heavy atom. The summed E-state index contributed by atoms with van der Waals surface area (Å²) in [5, 5.41) is 10.8. The minimum atomic E-state index is -4.97. The molecule has 236 valence electrons. The van der Waals surface area contributed by atoms with Crippen molar-refractivity contribution in [2.75, 3.05) is 18.0 Å². The number of benzene rings is 1. The number of hydrogen-bond donors (Lipinski definition) is 4. The van der Waals surface area contributed by atoms with Crippen molar-refractivity contribution >= 4 is 52.6 Å². The van der Waals surface area contributed by atoms with Gasteiger partial charge >= 0.3 is 7.60 Å². The summed E-state index contributed by atoms with van der Waals surface area (Å²) in [5.74, 6) is -2.34. The first-order valence-electron chi connectivity index (χ1n) is 14.9. The molecule has 4 N–H and O–H groups in total. The van der Waals surface area contributed by atoms with Crippen molar-refractivity contribution in [2.24, 2.45) is 7.05 Å². The number of fused-ring (bicyclic) bond motifs is 2. The van der Waals surface area contributed by atoms with Crippen molar-refractivity contribution in [3.8, 4) is 0 Å². The molecule has 3 saturated heterocycles. The summed E-state index contributed by atoms with van der Waals surface area (Å²) in [5.41, 5.74) is -0.169. The van der Waals surface area contributed by atoms with Crippen LogP contribution in [0, 0.1) is 0 Å². The fraction of sp³-hybridized carbons (Fsp3) is 0.517. The molecule has 5 heterocycles. The monoisotopic (exact) mass is 646 g/mol. The average Bonchev–Trinajstić information content (AvgIpc) is 3.78. The SMILES string of the molecule is Cn1nccc1N1CC[C@@H](NC(=O)[C@@H]2CC[C@@H]3CCCC[C@H](NC(=O)c4cc5cc(C(F)P(=O)(O)O)ccc5s4)C(=O)N32)C1. The fourth-order valence-corrected chi connectivity index (χ4v) is 8.22. The van der Waals surface area contributed by atoms with Crippen LogP contribution in [0.1, 0.15) is 66.1 Å². The molecule has 3 aliphatic heterocycles. The molecule has 1 aromatic carbocycles. The van der Waals surface area contributed by atoms with Crippen LogP contribution < -0.4 is 15.5 Å². The van der Waals surface area contributed by atoms with Gasteiger partial charge in [-0.2, -0.15) is 5.10 Å². The van der Waals surface area contributed by atoms with Gasteiger partial charge in [0.1, 0.15) is 17.9 Å². The highest BCUT2D eigenvalue weighted by Crippen LogP contribution is 2.53. The van der Waals surface area contributed by atoms with Gasteiger partial charge in [-0.1, -0.05) is 18.9 Å². The third kappa shape index (κ3) is 6.13. The number of aromatic nitrogens is 2. The number of alkyl halides is 1. The van der Waals surface area contributed by atoms with Gasteiger partial charge in [0.2, 0.25) is 17.7 Å². The van der Waals surface area contributed by atoms with Crippen LogP contribution in [-0.2, 0) is 21.2 Å². The van der Waals surface area contributed by atoms with Gasteiger partial charge in [-0.15, -0.1) is 11.3 Å². The lowest BCUT2D eigenvalue weighted by atomic mass is 9.99. The van der Waals surface area contributed by atoms with Gasteiger partial charge in [0.25, 0.3) is 5.91 Å². The van der Waals surface area contributed by atoms with Gasteiger partial charge in [-0.3, -0.25) is 23.6 Å². The second-order valence-electron chi connectivity index (χ2n) is 11.9. The number of nitrogens with zero attached hydrogens (tertiary/aromatic N) is 4. The van der Waals surface area contributed by atoms with Crippen LogP contribution in [-0.4, -0.2) is 79.4 Å². The average molecular weight is 647 g/mol. The molecule has 3 aromatic rings. The molecule has 3 amide bonds. The molecule has 0 radical (unpaired) electrons. The molecule has 0 spiro atoms. The standard InChI is InChI=1S/C29H36FN6O6PS/c1-34-25(10-12-31-34)35-13-11-19(16-35)32-27(37)22-8-7-20-4-2-3-5-21(29(39)36(20)22)33-28(38)24-15-18-14-17(6-9-23(18)44-24)26(30)43(40,41)42/h6,9-10,12,14-15,19-22,26H,2-5,7-8,11,13,16H2,1H3,(H,32,37)(H,33,38)(H2,40,41,42)/t19-,20+,21+,22+,26?/m1/s1. The molecule has 12 nitrogen and oxygen atoms in total. The summed E-state index contributed by atoms with van der Waals surface area (Å²) >= 11 is 1.15. The number of halogens is 1. The van der Waals surface area contributed by atoms with Crippen LogP contribution in [0.2, 0.25) is 0 Å². The number of carbonyl (C=O) groups is 3. The quantitative estimate of drug-likeness (QED) is 0.285. The maximum atomic E-state index is 14.2. The predicted molar refractivity (Wildman–Crippen MR) is 163 cm³/mol. The van der Waals surface area contributed by atoms with Crippen LogP contribution in [0.25, 0.3) is 10.1 Å². The summed E-state index contributed by atoms with van der Waals surface area (Å²) in [7, 11) is -3.09. The van der Waals surface area contributed by atoms with Crippen molar-refractivity contribution in [1.29, 1.82) is 0 Å². The Balaban J connectivity index is 1.13. The molecule has 0 saturated carbocycles. The molecule has 0 bridgehead atoms. The highest BCUT2D eigenvalue weighted by Gasteiger charge is 2.44. The van der Waals surface area contributed by atoms with E-state index in [4.69, 9.17) is 0 Å². The van der Waals surface area contributed by atoms with Crippen molar-refractivity contribution < 1.29 is 33.1 Å². The van der Waals surface area contributed by atoms with Crippen LogP contribution in [0.4, 0.5) is 10.2 Å². The molecule has 44 heavy (non-hydrogen) atoms. The minimum Gasteiger partial charge on any atom is -0.355 e. The highest BCUT2D eigenvalue weighted by molar-refractivity contribution is 7.51. The van der Waals surface area contributed by atoms with Crippen LogP contribution >= 0.6 is 18.9 Å². The number of amides is 3. The van der Waals surface area contributed by atoms with Gasteiger partial charge in [0.15, 0.2) is 0 Å². The van der Waals surface area contributed by atoms with Crippen LogP contribution in [0.15, 0.2) is 36.5 Å². The molecular formula is C29H36FN6O6PS. The first kappa shape index (κ1) is 30.7. The lowest BCUT2D eigenvalue weighted by Gasteiger charge is -2.35. The van der Waals surface area contributed by atoms with Gasteiger partial charge in [0, 0.05) is 43.0 Å². The van der Waals surface area contributed by atoms with E-state index in [-0.39, 0.29) is 29.5 Å².